The lowest BCUT2D eigenvalue weighted by Crippen LogP contribution is -2.59. The van der Waals surface area contributed by atoms with Crippen LogP contribution in [0.25, 0.3) is 0 Å². The third-order valence-electron chi connectivity index (χ3n) is 9.71. The first-order valence-corrected chi connectivity index (χ1v) is 14.9. The molecule has 220 valence electrons. The van der Waals surface area contributed by atoms with E-state index in [4.69, 9.17) is 4.74 Å². The van der Waals surface area contributed by atoms with Crippen LogP contribution in [0.5, 0.6) is 0 Å². The van der Waals surface area contributed by atoms with Gasteiger partial charge in [-0.05, 0) is 30.5 Å². The topological polar surface area (TPSA) is 90.4 Å². The van der Waals surface area contributed by atoms with Gasteiger partial charge < -0.3 is 24.5 Å². The number of rotatable bonds is 7. The van der Waals surface area contributed by atoms with Gasteiger partial charge in [0.15, 0.2) is 0 Å². The lowest BCUT2D eigenvalue weighted by atomic mass is 9.74. The molecule has 42 heavy (non-hydrogen) atoms. The molecule has 2 saturated heterocycles. The summed E-state index contributed by atoms with van der Waals surface area (Å²) < 4.78 is 6.95. The van der Waals surface area contributed by atoms with Crippen molar-refractivity contribution >= 4 is 23.4 Å². The smallest absolute Gasteiger partial charge is 0.249 e. The van der Waals surface area contributed by atoms with E-state index in [1.54, 1.807) is 14.7 Å². The number of anilines is 1. The van der Waals surface area contributed by atoms with Gasteiger partial charge in [-0.2, -0.15) is 0 Å². The lowest BCUT2D eigenvalue weighted by molar-refractivity contribution is -0.155. The molecular weight excluding hydrogens is 530 g/mol. The Hall–Kier alpha value is -3.75. The number of amides is 3. The summed E-state index contributed by atoms with van der Waals surface area (Å²) in [5, 5.41) is 10.6. The van der Waals surface area contributed by atoms with Crippen LogP contribution < -0.4 is 4.90 Å². The quantitative estimate of drug-likeness (QED) is 0.515. The van der Waals surface area contributed by atoms with Crippen LogP contribution in [0, 0.1) is 17.8 Å². The molecule has 6 rings (SSSR count). The molecule has 4 heterocycles. The van der Waals surface area contributed by atoms with Crippen LogP contribution in [0.15, 0.2) is 85.0 Å². The molecule has 1 N–H and O–H groups in total. The van der Waals surface area contributed by atoms with E-state index in [-0.39, 0.29) is 30.2 Å². The Morgan fingerprint density at radius 3 is 2.24 bits per heavy atom. The molecule has 4 aliphatic heterocycles. The van der Waals surface area contributed by atoms with Gasteiger partial charge in [-0.1, -0.05) is 93.1 Å². The molecule has 0 aromatic heterocycles. The monoisotopic (exact) mass is 569 g/mol. The summed E-state index contributed by atoms with van der Waals surface area (Å²) >= 11 is 0. The zero-order chi connectivity index (χ0) is 29.6. The molecule has 2 aromatic rings. The molecule has 2 aromatic carbocycles. The Morgan fingerprint density at radius 2 is 1.57 bits per heavy atom. The van der Waals surface area contributed by atoms with E-state index in [0.29, 0.717) is 26.1 Å². The minimum absolute atomic E-state index is 0.0747. The van der Waals surface area contributed by atoms with E-state index in [2.05, 4.69) is 0 Å². The number of nitrogens with zero attached hydrogens (tertiary/aromatic N) is 3. The molecule has 8 nitrogen and oxygen atoms in total. The molecule has 1 spiro atoms. The second-order valence-electron chi connectivity index (χ2n) is 12.2. The minimum Gasteiger partial charge on any atom is -0.394 e. The number of carbonyl (C=O) groups is 3. The van der Waals surface area contributed by atoms with Crippen LogP contribution in [-0.4, -0.2) is 75.6 Å². The van der Waals surface area contributed by atoms with Crippen LogP contribution in [0.4, 0.5) is 5.69 Å². The molecule has 0 bridgehead atoms. The Bertz CT molecular complexity index is 1410. The molecule has 0 radical (unpaired) electrons. The maximum Gasteiger partial charge on any atom is 0.249 e. The number of ether oxygens (including phenoxy) is 1. The van der Waals surface area contributed by atoms with E-state index >= 15 is 0 Å². The first-order chi connectivity index (χ1) is 20.3. The summed E-state index contributed by atoms with van der Waals surface area (Å²) in [4.78, 5) is 48.8. The molecule has 2 fully saturated rings. The number of hydrogen-bond donors (Lipinski definition) is 1. The van der Waals surface area contributed by atoms with Crippen molar-refractivity contribution < 1.29 is 24.2 Å². The van der Waals surface area contributed by atoms with Gasteiger partial charge in [-0.3, -0.25) is 14.4 Å². The highest BCUT2D eigenvalue weighted by atomic mass is 16.5. The summed E-state index contributed by atoms with van der Waals surface area (Å²) in [7, 11) is 0. The summed E-state index contributed by atoms with van der Waals surface area (Å²) in [5.41, 5.74) is -0.746. The Morgan fingerprint density at radius 1 is 0.905 bits per heavy atom. The van der Waals surface area contributed by atoms with Gasteiger partial charge in [0.05, 0.1) is 30.1 Å². The number of aliphatic hydroxyl groups is 1. The second-order valence-corrected chi connectivity index (χ2v) is 12.2. The Balaban J connectivity index is 1.48. The Kier molecular flexibility index (Phi) is 7.31. The minimum atomic E-state index is -1.36. The molecular formula is C34H39N3O5. The second kappa shape index (κ2) is 10.8. The van der Waals surface area contributed by atoms with E-state index in [0.717, 1.165) is 11.3 Å². The number of para-hydroxylation sites is 1. The van der Waals surface area contributed by atoms with Gasteiger partial charge in [-0.25, -0.2) is 0 Å². The fourth-order valence-corrected chi connectivity index (χ4v) is 7.47. The molecule has 0 aliphatic carbocycles. The summed E-state index contributed by atoms with van der Waals surface area (Å²) in [5.74, 6) is -2.62. The van der Waals surface area contributed by atoms with Crippen molar-refractivity contribution in [2.75, 3.05) is 24.6 Å². The largest absolute Gasteiger partial charge is 0.394 e. The van der Waals surface area contributed by atoms with Crippen LogP contribution in [-0.2, 0) is 25.7 Å². The number of benzene rings is 2. The SMILES string of the molecule is CC[C@H](C)[C@H](CO)N1C(=O)[C@@H]2[C@@H]3C(=O)N(c4ccccc4)CC=C[C@]3(C)O[C@@]23C=CCN(Cc2ccccc2)C(=O)C13. The van der Waals surface area contributed by atoms with Crippen LogP contribution >= 0.6 is 0 Å². The third kappa shape index (κ3) is 4.31. The first-order valence-electron chi connectivity index (χ1n) is 14.9. The van der Waals surface area contributed by atoms with Gasteiger partial charge in [0.25, 0.3) is 0 Å². The van der Waals surface area contributed by atoms with Crippen molar-refractivity contribution in [2.45, 2.75) is 57.0 Å². The maximum absolute atomic E-state index is 14.7. The first kappa shape index (κ1) is 28.4. The summed E-state index contributed by atoms with van der Waals surface area (Å²) in [6.45, 7) is 6.62. The van der Waals surface area contributed by atoms with E-state index in [9.17, 15) is 19.5 Å². The average molecular weight is 570 g/mol. The van der Waals surface area contributed by atoms with Gasteiger partial charge in [0.2, 0.25) is 17.7 Å². The molecule has 3 amide bonds. The van der Waals surface area contributed by atoms with Crippen molar-refractivity contribution in [1.82, 2.24) is 9.80 Å². The van der Waals surface area contributed by atoms with E-state index < -0.39 is 35.1 Å². The van der Waals surface area contributed by atoms with Gasteiger partial charge >= 0.3 is 0 Å². The van der Waals surface area contributed by atoms with Gasteiger partial charge in [-0.15, -0.1) is 0 Å². The van der Waals surface area contributed by atoms with Gasteiger partial charge in [0.1, 0.15) is 11.6 Å². The number of fused-ring (bicyclic) bond motifs is 2. The fraction of sp³-hybridized carbons (Fsp3) is 0.441. The zero-order valence-corrected chi connectivity index (χ0v) is 24.4. The van der Waals surface area contributed by atoms with Crippen molar-refractivity contribution in [3.05, 3.63) is 90.5 Å². The zero-order valence-electron chi connectivity index (χ0n) is 24.4. The lowest BCUT2D eigenvalue weighted by Gasteiger charge is -2.41. The van der Waals surface area contributed by atoms with Crippen molar-refractivity contribution in [3.63, 3.8) is 0 Å². The van der Waals surface area contributed by atoms with Crippen molar-refractivity contribution in [1.29, 1.82) is 0 Å². The predicted octanol–water partition coefficient (Wildman–Crippen LogP) is 3.57. The normalized spacial score (nSPS) is 31.9. The molecule has 7 atom stereocenters. The van der Waals surface area contributed by atoms with Crippen LogP contribution in [0.2, 0.25) is 0 Å². The maximum atomic E-state index is 14.7. The highest BCUT2D eigenvalue weighted by Gasteiger charge is 2.75. The highest BCUT2D eigenvalue weighted by molar-refractivity contribution is 6.04. The summed E-state index contributed by atoms with van der Waals surface area (Å²) in [6, 6.07) is 17.6. The average Bonchev–Trinajstić information content (AvgIpc) is 3.27. The fourth-order valence-electron chi connectivity index (χ4n) is 7.47. The van der Waals surface area contributed by atoms with E-state index in [1.807, 2.05) is 106 Å². The Labute approximate surface area is 247 Å². The van der Waals surface area contributed by atoms with E-state index in [1.165, 1.54) is 0 Å². The van der Waals surface area contributed by atoms with Crippen molar-refractivity contribution in [2.24, 2.45) is 17.8 Å². The molecule has 4 aliphatic rings. The standard InChI is InChI=1S/C34H39N3O5/c1-4-23(2)26(22-38)37-29-32(41)35(21-24-13-7-5-8-14-24)19-12-18-34(29)28(31(37)40)27-30(39)36(25-15-9-6-10-16-25)20-11-17-33(27,3)42-34/h5-18,23,26-29,38H,4,19-22H2,1-3H3/t23-,26-,27+,28-,29?,33-,34-/m0/s1. The predicted molar refractivity (Wildman–Crippen MR) is 159 cm³/mol. The number of hydrogen-bond acceptors (Lipinski definition) is 5. The van der Waals surface area contributed by atoms with Crippen LogP contribution in [0.1, 0.15) is 32.8 Å². The molecule has 1 unspecified atom stereocenters. The molecule has 8 heteroatoms. The van der Waals surface area contributed by atoms with Crippen molar-refractivity contribution in [3.8, 4) is 0 Å². The number of carbonyl (C=O) groups excluding carboxylic acids is 3. The number of likely N-dealkylation sites (tertiary alicyclic amines) is 1. The van der Waals surface area contributed by atoms with Gasteiger partial charge in [0, 0.05) is 25.3 Å². The highest BCUT2D eigenvalue weighted by Crippen LogP contribution is 2.58. The van der Waals surface area contributed by atoms with Crippen LogP contribution in [0.3, 0.4) is 0 Å². The molecule has 0 saturated carbocycles. The third-order valence-corrected chi connectivity index (χ3v) is 9.71. The summed E-state index contributed by atoms with van der Waals surface area (Å²) in [6.07, 6.45) is 8.28. The number of aliphatic hydroxyl groups excluding tert-OH is 1.